The van der Waals surface area contributed by atoms with Crippen LogP contribution in [0.15, 0.2) is 28.2 Å². The van der Waals surface area contributed by atoms with Crippen LogP contribution in [0.2, 0.25) is 5.02 Å². The Morgan fingerprint density at radius 3 is 2.46 bits per heavy atom. The van der Waals surface area contributed by atoms with Gasteiger partial charge in [0.15, 0.2) is 5.96 Å². The molecule has 1 saturated heterocycles. The van der Waals surface area contributed by atoms with E-state index in [0.29, 0.717) is 0 Å². The van der Waals surface area contributed by atoms with Gasteiger partial charge in [-0.05, 0) is 44.4 Å². The summed E-state index contributed by atoms with van der Waals surface area (Å²) in [6, 6.07) is 3.52. The summed E-state index contributed by atoms with van der Waals surface area (Å²) in [5.41, 5.74) is 10.7. The normalized spacial score (nSPS) is 18.8. The van der Waals surface area contributed by atoms with Gasteiger partial charge >= 0.3 is 6.18 Å². The molecular formula is C15H21Cl3F3N5. The highest BCUT2D eigenvalue weighted by Gasteiger charge is 2.33. The van der Waals surface area contributed by atoms with Gasteiger partial charge in [0.05, 0.1) is 16.3 Å². The Bertz CT molecular complexity index is 664. The van der Waals surface area contributed by atoms with Crippen LogP contribution in [0, 0.1) is 0 Å². The van der Waals surface area contributed by atoms with E-state index in [1.54, 1.807) is 0 Å². The van der Waals surface area contributed by atoms with E-state index in [0.717, 1.165) is 37.9 Å². The monoisotopic (exact) mass is 433 g/mol. The lowest BCUT2D eigenvalue weighted by molar-refractivity contribution is -0.137. The van der Waals surface area contributed by atoms with Gasteiger partial charge < -0.3 is 16.4 Å². The Kier molecular flexibility index (Phi) is 9.55. The Morgan fingerprint density at radius 2 is 1.88 bits per heavy atom. The van der Waals surface area contributed by atoms with Gasteiger partial charge in [-0.15, -0.1) is 24.8 Å². The first kappa shape index (κ1) is 24.6. The average Bonchev–Trinajstić information content (AvgIpc) is 2.48. The van der Waals surface area contributed by atoms with E-state index in [1.807, 2.05) is 11.8 Å². The van der Waals surface area contributed by atoms with Gasteiger partial charge in [-0.1, -0.05) is 11.6 Å². The quantitative estimate of drug-likeness (QED) is 0.510. The number of hydrogen-bond acceptors (Lipinski definition) is 1. The van der Waals surface area contributed by atoms with Gasteiger partial charge in [0, 0.05) is 12.6 Å². The highest BCUT2D eigenvalue weighted by molar-refractivity contribution is 6.31. The van der Waals surface area contributed by atoms with E-state index in [2.05, 4.69) is 9.98 Å². The standard InChI is InChI=1S/C15H19ClF3N5.2ClH/c1-9-4-2-3-7-24(9)14(21)23-13(20)22-10-5-6-12(16)11(8-10)15(17,18)19;;/h5-6,8-9H,2-4,7H2,1H3,(H4,20,21,22,23);2*1H. The van der Waals surface area contributed by atoms with Gasteiger partial charge in [0.25, 0.3) is 0 Å². The van der Waals surface area contributed by atoms with Gasteiger partial charge in [0.2, 0.25) is 5.96 Å². The van der Waals surface area contributed by atoms with Crippen molar-refractivity contribution in [3.63, 3.8) is 0 Å². The van der Waals surface area contributed by atoms with E-state index < -0.39 is 16.8 Å². The van der Waals surface area contributed by atoms with Crippen molar-refractivity contribution >= 4 is 54.0 Å². The molecule has 1 atom stereocenters. The number of halogens is 6. The second kappa shape index (κ2) is 10.1. The number of nitrogens with two attached hydrogens (primary N) is 2. The largest absolute Gasteiger partial charge is 0.417 e. The van der Waals surface area contributed by atoms with Crippen molar-refractivity contribution in [2.75, 3.05) is 6.54 Å². The number of rotatable bonds is 1. The number of piperidine rings is 1. The smallest absolute Gasteiger partial charge is 0.369 e. The fraction of sp³-hybridized carbons (Fsp3) is 0.467. The molecule has 1 aromatic carbocycles. The molecule has 2 rings (SSSR count). The van der Waals surface area contributed by atoms with Crippen LogP contribution in [-0.2, 0) is 6.18 Å². The summed E-state index contributed by atoms with van der Waals surface area (Å²) in [5.74, 6) is 0.00850. The fourth-order valence-electron chi connectivity index (χ4n) is 2.58. The van der Waals surface area contributed by atoms with E-state index in [-0.39, 0.29) is 48.5 Å². The SMILES string of the molecule is CC1CCCCN1/C(N)=N\C(N)=Nc1ccc(Cl)c(C(F)(F)F)c1.Cl.Cl. The maximum Gasteiger partial charge on any atom is 0.417 e. The number of alkyl halides is 3. The van der Waals surface area contributed by atoms with Crippen molar-refractivity contribution < 1.29 is 13.2 Å². The topological polar surface area (TPSA) is 80.0 Å². The lowest BCUT2D eigenvalue weighted by Crippen LogP contribution is -2.46. The number of nitrogens with zero attached hydrogens (tertiary/aromatic N) is 3. The summed E-state index contributed by atoms with van der Waals surface area (Å²) in [6.45, 7) is 2.80. The number of guanidine groups is 2. The highest BCUT2D eigenvalue weighted by atomic mass is 35.5. The minimum atomic E-state index is -4.57. The Balaban J connectivity index is 0.00000312. The Morgan fingerprint density at radius 1 is 1.23 bits per heavy atom. The van der Waals surface area contributed by atoms with Crippen LogP contribution in [0.1, 0.15) is 31.7 Å². The third-order valence-corrected chi connectivity index (χ3v) is 4.15. The molecule has 0 bridgehead atoms. The zero-order valence-electron chi connectivity index (χ0n) is 14.0. The zero-order chi connectivity index (χ0) is 17.9. The minimum Gasteiger partial charge on any atom is -0.369 e. The summed E-state index contributed by atoms with van der Waals surface area (Å²) in [7, 11) is 0. The Hall–Kier alpha value is -1.38. The van der Waals surface area contributed by atoms with E-state index in [1.165, 1.54) is 6.07 Å². The first-order valence-electron chi connectivity index (χ1n) is 7.50. The molecule has 0 saturated carbocycles. The number of likely N-dealkylation sites (tertiary alicyclic amines) is 1. The second-order valence-corrected chi connectivity index (χ2v) is 6.05. The van der Waals surface area contributed by atoms with Crippen molar-refractivity contribution in [2.24, 2.45) is 21.5 Å². The molecule has 1 aliphatic rings. The maximum atomic E-state index is 12.8. The average molecular weight is 435 g/mol. The molecule has 0 aliphatic carbocycles. The molecule has 0 aromatic heterocycles. The molecule has 26 heavy (non-hydrogen) atoms. The molecule has 11 heteroatoms. The minimum absolute atomic E-state index is 0. The third kappa shape index (κ3) is 6.41. The third-order valence-electron chi connectivity index (χ3n) is 3.83. The van der Waals surface area contributed by atoms with E-state index >= 15 is 0 Å². The lowest BCUT2D eigenvalue weighted by Gasteiger charge is -2.34. The first-order valence-corrected chi connectivity index (χ1v) is 7.88. The van der Waals surface area contributed by atoms with Gasteiger partial charge in [0.1, 0.15) is 0 Å². The van der Waals surface area contributed by atoms with Gasteiger partial charge in [-0.3, -0.25) is 0 Å². The van der Waals surface area contributed by atoms with Crippen molar-refractivity contribution in [2.45, 2.75) is 38.4 Å². The molecule has 1 fully saturated rings. The van der Waals surface area contributed by atoms with Crippen molar-refractivity contribution in [1.82, 2.24) is 4.90 Å². The van der Waals surface area contributed by atoms with E-state index in [4.69, 9.17) is 23.1 Å². The molecular weight excluding hydrogens is 414 g/mol. The summed E-state index contributed by atoms with van der Waals surface area (Å²) < 4.78 is 38.5. The predicted molar refractivity (Wildman–Crippen MR) is 104 cm³/mol. The van der Waals surface area contributed by atoms with Crippen molar-refractivity contribution in [1.29, 1.82) is 0 Å². The molecule has 0 spiro atoms. The maximum absolute atomic E-state index is 12.8. The summed E-state index contributed by atoms with van der Waals surface area (Å²) in [4.78, 5) is 9.78. The van der Waals surface area contributed by atoms with E-state index in [9.17, 15) is 13.2 Å². The number of benzene rings is 1. The summed E-state index contributed by atoms with van der Waals surface area (Å²) in [6.07, 6.45) is -1.44. The van der Waals surface area contributed by atoms with Crippen LogP contribution in [-0.4, -0.2) is 29.4 Å². The second-order valence-electron chi connectivity index (χ2n) is 5.64. The lowest BCUT2D eigenvalue weighted by atomic mass is 10.0. The predicted octanol–water partition coefficient (Wildman–Crippen LogP) is 4.34. The molecule has 5 nitrogen and oxygen atoms in total. The molecule has 0 radical (unpaired) electrons. The Labute approximate surface area is 167 Å². The van der Waals surface area contributed by atoms with Crippen LogP contribution in [0.5, 0.6) is 0 Å². The summed E-state index contributed by atoms with van der Waals surface area (Å²) in [5, 5.41) is -0.398. The van der Waals surface area contributed by atoms with Crippen LogP contribution < -0.4 is 11.5 Å². The van der Waals surface area contributed by atoms with Crippen molar-refractivity contribution in [3.8, 4) is 0 Å². The van der Waals surface area contributed by atoms with Crippen LogP contribution in [0.3, 0.4) is 0 Å². The highest BCUT2D eigenvalue weighted by Crippen LogP contribution is 2.36. The van der Waals surface area contributed by atoms with Crippen molar-refractivity contribution in [3.05, 3.63) is 28.8 Å². The molecule has 148 valence electrons. The molecule has 1 aromatic rings. The van der Waals surface area contributed by atoms with Crippen LogP contribution >= 0.6 is 36.4 Å². The fourth-order valence-corrected chi connectivity index (χ4v) is 2.80. The molecule has 1 aliphatic heterocycles. The van der Waals surface area contributed by atoms with Gasteiger partial charge in [-0.2, -0.15) is 18.2 Å². The molecule has 4 N–H and O–H groups in total. The molecule has 1 unspecified atom stereocenters. The zero-order valence-corrected chi connectivity index (χ0v) is 16.4. The van der Waals surface area contributed by atoms with Crippen LogP contribution in [0.4, 0.5) is 18.9 Å². The van der Waals surface area contributed by atoms with Gasteiger partial charge in [-0.25, -0.2) is 4.99 Å². The number of hydrogen-bond donors (Lipinski definition) is 2. The van der Waals surface area contributed by atoms with Crippen LogP contribution in [0.25, 0.3) is 0 Å². The first-order chi connectivity index (χ1) is 11.2. The molecule has 1 heterocycles. The molecule has 0 amide bonds. The summed E-state index contributed by atoms with van der Waals surface area (Å²) >= 11 is 5.57. The number of aliphatic imine (C=N–C) groups is 2.